The van der Waals surface area contributed by atoms with E-state index in [0.29, 0.717) is 35.0 Å². The molecule has 8 heteroatoms. The first-order chi connectivity index (χ1) is 11.7. The predicted octanol–water partition coefficient (Wildman–Crippen LogP) is 2.17. The van der Waals surface area contributed by atoms with Crippen LogP contribution in [0.25, 0.3) is 16.9 Å². The molecule has 2 heterocycles. The van der Waals surface area contributed by atoms with Gasteiger partial charge < -0.3 is 4.90 Å². The van der Waals surface area contributed by atoms with E-state index in [9.17, 15) is 4.79 Å². The summed E-state index contributed by atoms with van der Waals surface area (Å²) in [6, 6.07) is 9.68. The van der Waals surface area contributed by atoms with Gasteiger partial charge in [0.05, 0.1) is 11.4 Å². The molecule has 1 aromatic carbocycles. The molecule has 0 atom stereocenters. The lowest BCUT2D eigenvalue weighted by Crippen LogP contribution is -2.31. The third-order valence-corrected chi connectivity index (χ3v) is 4.62. The van der Waals surface area contributed by atoms with Crippen molar-refractivity contribution in [3.05, 3.63) is 36.7 Å². The van der Waals surface area contributed by atoms with Crippen LogP contribution in [0.2, 0.25) is 0 Å². The average Bonchev–Trinajstić information content (AvgIpc) is 3.06. The molecule has 0 saturated heterocycles. The second-order valence-corrected chi connectivity index (χ2v) is 6.01. The number of thioether (sulfide) groups is 1. The molecule has 0 aliphatic carbocycles. The van der Waals surface area contributed by atoms with Crippen LogP contribution in [0.15, 0.2) is 41.7 Å². The number of carbonyl (C=O) groups excluding carboxylic acids is 1. The van der Waals surface area contributed by atoms with Crippen LogP contribution >= 0.6 is 11.8 Å². The molecule has 24 heavy (non-hydrogen) atoms. The average molecular weight is 342 g/mol. The van der Waals surface area contributed by atoms with Crippen LogP contribution in [-0.4, -0.2) is 54.6 Å². The third-order valence-electron chi connectivity index (χ3n) is 3.65. The number of carbonyl (C=O) groups is 1. The van der Waals surface area contributed by atoms with Gasteiger partial charge in [0.25, 0.3) is 0 Å². The lowest BCUT2D eigenvalue weighted by molar-refractivity contribution is -0.127. The first kappa shape index (κ1) is 16.4. The van der Waals surface area contributed by atoms with Crippen molar-refractivity contribution in [2.24, 2.45) is 0 Å². The molecule has 0 fully saturated rings. The van der Waals surface area contributed by atoms with Crippen molar-refractivity contribution in [2.75, 3.05) is 18.8 Å². The maximum Gasteiger partial charge on any atom is 0.232 e. The number of hydrogen-bond donors (Lipinski definition) is 0. The van der Waals surface area contributed by atoms with E-state index in [0.717, 1.165) is 5.69 Å². The van der Waals surface area contributed by atoms with E-state index in [1.165, 1.54) is 18.1 Å². The van der Waals surface area contributed by atoms with Gasteiger partial charge in [-0.2, -0.15) is 4.68 Å². The Balaban J connectivity index is 1.86. The molecule has 0 aliphatic heterocycles. The summed E-state index contributed by atoms with van der Waals surface area (Å²) in [6.07, 6.45) is 1.48. The normalized spacial score (nSPS) is 10.9. The molecular formula is C16H18N6OS. The number of nitrogens with zero attached hydrogens (tertiary/aromatic N) is 6. The Kier molecular flexibility index (Phi) is 5.05. The fraction of sp³-hybridized carbons (Fsp3) is 0.312. The van der Waals surface area contributed by atoms with Gasteiger partial charge in [0.15, 0.2) is 11.2 Å². The van der Waals surface area contributed by atoms with Gasteiger partial charge in [-0.05, 0) is 26.0 Å². The van der Waals surface area contributed by atoms with Gasteiger partial charge in [-0.1, -0.05) is 35.2 Å². The molecule has 0 radical (unpaired) electrons. The summed E-state index contributed by atoms with van der Waals surface area (Å²) in [6.45, 7) is 5.36. The third kappa shape index (κ3) is 3.23. The Hall–Kier alpha value is -2.48. The number of aromatic nitrogens is 5. The van der Waals surface area contributed by atoms with Crippen LogP contribution < -0.4 is 0 Å². The largest absolute Gasteiger partial charge is 0.343 e. The summed E-state index contributed by atoms with van der Waals surface area (Å²) in [5, 5.41) is 9.05. The number of amides is 1. The molecule has 0 saturated carbocycles. The maximum atomic E-state index is 12.2. The van der Waals surface area contributed by atoms with Crippen molar-refractivity contribution in [1.29, 1.82) is 0 Å². The van der Waals surface area contributed by atoms with Gasteiger partial charge in [-0.3, -0.25) is 4.79 Å². The van der Waals surface area contributed by atoms with Crippen molar-refractivity contribution in [1.82, 2.24) is 29.9 Å². The topological polar surface area (TPSA) is 76.8 Å². The number of para-hydroxylation sites is 1. The van der Waals surface area contributed by atoms with Gasteiger partial charge in [-0.25, -0.2) is 9.97 Å². The van der Waals surface area contributed by atoms with Gasteiger partial charge in [-0.15, -0.1) is 5.10 Å². The summed E-state index contributed by atoms with van der Waals surface area (Å²) < 4.78 is 1.67. The monoisotopic (exact) mass is 342 g/mol. The zero-order valence-electron chi connectivity index (χ0n) is 13.6. The van der Waals surface area contributed by atoms with E-state index in [4.69, 9.17) is 0 Å². The molecule has 0 spiro atoms. The SMILES string of the molecule is CCN(CC)C(=O)CSc1ncnc2c1nnn2-c1ccccc1. The predicted molar refractivity (Wildman–Crippen MR) is 93.1 cm³/mol. The van der Waals surface area contributed by atoms with E-state index in [1.54, 1.807) is 9.58 Å². The van der Waals surface area contributed by atoms with Crippen LogP contribution in [0.5, 0.6) is 0 Å². The van der Waals surface area contributed by atoms with E-state index >= 15 is 0 Å². The van der Waals surface area contributed by atoms with Gasteiger partial charge in [0.2, 0.25) is 5.91 Å². The summed E-state index contributed by atoms with van der Waals surface area (Å²) in [7, 11) is 0. The second-order valence-electron chi connectivity index (χ2n) is 5.04. The molecule has 0 aliphatic rings. The Morgan fingerprint density at radius 2 is 1.92 bits per heavy atom. The minimum Gasteiger partial charge on any atom is -0.343 e. The minimum atomic E-state index is 0.0900. The Bertz CT molecular complexity index is 831. The molecule has 0 N–H and O–H groups in total. The molecule has 124 valence electrons. The van der Waals surface area contributed by atoms with Gasteiger partial charge >= 0.3 is 0 Å². The number of benzene rings is 1. The minimum absolute atomic E-state index is 0.0900. The Morgan fingerprint density at radius 1 is 1.17 bits per heavy atom. The zero-order chi connectivity index (χ0) is 16.9. The molecule has 7 nitrogen and oxygen atoms in total. The van der Waals surface area contributed by atoms with Crippen molar-refractivity contribution in [3.63, 3.8) is 0 Å². The highest BCUT2D eigenvalue weighted by Gasteiger charge is 2.16. The lowest BCUT2D eigenvalue weighted by Gasteiger charge is -2.17. The molecule has 0 unspecified atom stereocenters. The van der Waals surface area contributed by atoms with Crippen molar-refractivity contribution < 1.29 is 4.79 Å². The highest BCUT2D eigenvalue weighted by molar-refractivity contribution is 8.00. The van der Waals surface area contributed by atoms with E-state index in [2.05, 4.69) is 20.3 Å². The van der Waals surface area contributed by atoms with E-state index in [1.807, 2.05) is 44.2 Å². The van der Waals surface area contributed by atoms with Crippen LogP contribution in [-0.2, 0) is 4.79 Å². The quantitative estimate of drug-likeness (QED) is 0.505. The van der Waals surface area contributed by atoms with Crippen molar-refractivity contribution in [3.8, 4) is 5.69 Å². The van der Waals surface area contributed by atoms with Crippen LogP contribution in [0.1, 0.15) is 13.8 Å². The highest BCUT2D eigenvalue weighted by Crippen LogP contribution is 2.24. The van der Waals surface area contributed by atoms with Gasteiger partial charge in [0.1, 0.15) is 11.4 Å². The fourth-order valence-corrected chi connectivity index (χ4v) is 3.21. The standard InChI is InChI=1S/C16H18N6OS/c1-3-21(4-2)13(23)10-24-16-14-15(17-11-18-16)22(20-19-14)12-8-6-5-7-9-12/h5-9,11H,3-4,10H2,1-2H3. The number of rotatable bonds is 6. The molecule has 3 rings (SSSR count). The molecule has 2 aromatic heterocycles. The highest BCUT2D eigenvalue weighted by atomic mass is 32.2. The molecule has 1 amide bonds. The van der Waals surface area contributed by atoms with Crippen LogP contribution in [0.4, 0.5) is 0 Å². The second kappa shape index (κ2) is 7.39. The molecule has 3 aromatic rings. The van der Waals surface area contributed by atoms with E-state index < -0.39 is 0 Å². The Morgan fingerprint density at radius 3 is 2.62 bits per heavy atom. The maximum absolute atomic E-state index is 12.2. The van der Waals surface area contributed by atoms with Gasteiger partial charge in [0, 0.05) is 13.1 Å². The number of fused-ring (bicyclic) bond motifs is 1. The van der Waals surface area contributed by atoms with E-state index in [-0.39, 0.29) is 5.91 Å². The van der Waals surface area contributed by atoms with Crippen molar-refractivity contribution >= 4 is 28.8 Å². The summed E-state index contributed by atoms with van der Waals surface area (Å²) in [5.41, 5.74) is 2.13. The molecular weight excluding hydrogens is 324 g/mol. The molecule has 0 bridgehead atoms. The first-order valence-corrected chi connectivity index (χ1v) is 8.75. The summed E-state index contributed by atoms with van der Waals surface area (Å²) in [5.74, 6) is 0.415. The van der Waals surface area contributed by atoms with Crippen LogP contribution in [0, 0.1) is 0 Å². The zero-order valence-corrected chi connectivity index (χ0v) is 14.4. The first-order valence-electron chi connectivity index (χ1n) is 7.77. The Labute approximate surface area is 144 Å². The lowest BCUT2D eigenvalue weighted by atomic mass is 10.3. The summed E-state index contributed by atoms with van der Waals surface area (Å²) in [4.78, 5) is 22.5. The van der Waals surface area contributed by atoms with Crippen molar-refractivity contribution in [2.45, 2.75) is 18.9 Å². The summed E-state index contributed by atoms with van der Waals surface area (Å²) >= 11 is 1.37. The number of hydrogen-bond acceptors (Lipinski definition) is 6. The van der Waals surface area contributed by atoms with Crippen LogP contribution in [0.3, 0.4) is 0 Å². The smallest absolute Gasteiger partial charge is 0.232 e. The fourth-order valence-electron chi connectivity index (χ4n) is 2.37.